The van der Waals surface area contributed by atoms with Gasteiger partial charge in [0.15, 0.2) is 0 Å². The zero-order valence-corrected chi connectivity index (χ0v) is 11.4. The van der Waals surface area contributed by atoms with Crippen LogP contribution in [0.1, 0.15) is 12.5 Å². The van der Waals surface area contributed by atoms with Crippen LogP contribution in [0.25, 0.3) is 0 Å². The van der Waals surface area contributed by atoms with Crippen LogP contribution in [0.4, 0.5) is 21.7 Å². The van der Waals surface area contributed by atoms with E-state index in [0.29, 0.717) is 16.5 Å². The molecule has 1 aromatic heterocycles. The Morgan fingerprint density at radius 1 is 1.26 bits per heavy atom. The SMILES string of the molecule is CCc1c(NC)ncnc1Nc1cc(F)ccc1Cl. The van der Waals surface area contributed by atoms with Crippen molar-refractivity contribution >= 4 is 28.9 Å². The Balaban J connectivity index is 2.40. The van der Waals surface area contributed by atoms with Crippen LogP contribution >= 0.6 is 11.6 Å². The van der Waals surface area contributed by atoms with Gasteiger partial charge < -0.3 is 10.6 Å². The third kappa shape index (κ3) is 2.93. The summed E-state index contributed by atoms with van der Waals surface area (Å²) in [6.45, 7) is 2.00. The molecule has 0 fully saturated rings. The Kier molecular flexibility index (Phi) is 4.16. The summed E-state index contributed by atoms with van der Waals surface area (Å²) in [7, 11) is 1.79. The van der Waals surface area contributed by atoms with Gasteiger partial charge in [-0.05, 0) is 24.6 Å². The molecule has 6 heteroatoms. The van der Waals surface area contributed by atoms with Crippen molar-refractivity contribution in [2.45, 2.75) is 13.3 Å². The molecular weight excluding hydrogens is 267 g/mol. The van der Waals surface area contributed by atoms with E-state index >= 15 is 0 Å². The van der Waals surface area contributed by atoms with Crippen LogP contribution in [0.3, 0.4) is 0 Å². The molecule has 2 rings (SSSR count). The fourth-order valence-corrected chi connectivity index (χ4v) is 1.96. The molecule has 2 aromatic rings. The second-order valence-electron chi connectivity index (χ2n) is 3.90. The van der Waals surface area contributed by atoms with Crippen molar-refractivity contribution in [1.29, 1.82) is 0 Å². The van der Waals surface area contributed by atoms with Crippen LogP contribution in [0.5, 0.6) is 0 Å². The highest BCUT2D eigenvalue weighted by Gasteiger charge is 2.10. The molecule has 0 aliphatic rings. The van der Waals surface area contributed by atoms with Crippen LogP contribution in [0.15, 0.2) is 24.5 Å². The second-order valence-corrected chi connectivity index (χ2v) is 4.31. The maximum absolute atomic E-state index is 13.2. The van der Waals surface area contributed by atoms with E-state index in [-0.39, 0.29) is 5.82 Å². The van der Waals surface area contributed by atoms with Crippen molar-refractivity contribution in [3.63, 3.8) is 0 Å². The number of rotatable bonds is 4. The van der Waals surface area contributed by atoms with Gasteiger partial charge in [0.1, 0.15) is 23.8 Å². The Bertz CT molecular complexity index is 589. The summed E-state index contributed by atoms with van der Waals surface area (Å²) < 4.78 is 13.2. The van der Waals surface area contributed by atoms with Gasteiger partial charge in [-0.15, -0.1) is 0 Å². The summed E-state index contributed by atoms with van der Waals surface area (Å²) in [4.78, 5) is 8.32. The predicted molar refractivity (Wildman–Crippen MR) is 75.6 cm³/mol. The van der Waals surface area contributed by atoms with Gasteiger partial charge in [-0.3, -0.25) is 0 Å². The second kappa shape index (κ2) is 5.84. The lowest BCUT2D eigenvalue weighted by molar-refractivity contribution is 0.628. The molecule has 19 heavy (non-hydrogen) atoms. The summed E-state index contributed by atoms with van der Waals surface area (Å²) in [6.07, 6.45) is 2.19. The third-order valence-corrected chi connectivity index (χ3v) is 3.05. The molecule has 0 atom stereocenters. The number of nitrogens with one attached hydrogen (secondary N) is 2. The molecular formula is C13H14ClFN4. The third-order valence-electron chi connectivity index (χ3n) is 2.72. The largest absolute Gasteiger partial charge is 0.373 e. The maximum atomic E-state index is 13.2. The quantitative estimate of drug-likeness (QED) is 0.898. The summed E-state index contributed by atoms with van der Waals surface area (Å²) in [5.41, 5.74) is 1.41. The lowest BCUT2D eigenvalue weighted by Crippen LogP contribution is -2.05. The predicted octanol–water partition coefficient (Wildman–Crippen LogP) is 3.62. The normalized spacial score (nSPS) is 10.3. The van der Waals surface area contributed by atoms with E-state index in [1.54, 1.807) is 7.05 Å². The average Bonchev–Trinajstić information content (AvgIpc) is 2.42. The molecule has 2 N–H and O–H groups in total. The standard InChI is InChI=1S/C13H14ClFN4/c1-3-9-12(16-2)17-7-18-13(9)19-11-6-8(15)4-5-10(11)14/h4-7H,3H2,1-2H3,(H2,16,17,18,19). The highest BCUT2D eigenvalue weighted by Crippen LogP contribution is 2.28. The van der Waals surface area contributed by atoms with Gasteiger partial charge in [-0.25, -0.2) is 14.4 Å². The molecule has 0 amide bonds. The van der Waals surface area contributed by atoms with E-state index in [9.17, 15) is 4.39 Å². The minimum atomic E-state index is -0.354. The number of nitrogens with zero attached hydrogens (tertiary/aromatic N) is 2. The highest BCUT2D eigenvalue weighted by molar-refractivity contribution is 6.33. The number of hydrogen-bond acceptors (Lipinski definition) is 4. The molecule has 100 valence electrons. The fraction of sp³-hybridized carbons (Fsp3) is 0.231. The van der Waals surface area contributed by atoms with Crippen molar-refractivity contribution in [3.05, 3.63) is 40.9 Å². The van der Waals surface area contributed by atoms with Gasteiger partial charge in [0.25, 0.3) is 0 Å². The topological polar surface area (TPSA) is 49.8 Å². The van der Waals surface area contributed by atoms with Gasteiger partial charge in [-0.2, -0.15) is 0 Å². The summed E-state index contributed by atoms with van der Waals surface area (Å²) in [5.74, 6) is 1.01. The molecule has 4 nitrogen and oxygen atoms in total. The fourth-order valence-electron chi connectivity index (χ4n) is 1.79. The van der Waals surface area contributed by atoms with E-state index in [0.717, 1.165) is 17.8 Å². The van der Waals surface area contributed by atoms with Gasteiger partial charge in [0, 0.05) is 12.6 Å². The Labute approximate surface area is 116 Å². The van der Waals surface area contributed by atoms with Crippen LogP contribution in [-0.4, -0.2) is 17.0 Å². The molecule has 1 heterocycles. The van der Waals surface area contributed by atoms with Gasteiger partial charge >= 0.3 is 0 Å². The summed E-state index contributed by atoms with van der Waals surface area (Å²) in [6, 6.07) is 4.15. The van der Waals surface area contributed by atoms with Crippen molar-refractivity contribution in [3.8, 4) is 0 Å². The van der Waals surface area contributed by atoms with Gasteiger partial charge in [-0.1, -0.05) is 18.5 Å². The molecule has 0 aliphatic heterocycles. The molecule has 0 saturated carbocycles. The lowest BCUT2D eigenvalue weighted by atomic mass is 10.2. The first-order chi connectivity index (χ1) is 9.15. The monoisotopic (exact) mass is 280 g/mol. The van der Waals surface area contributed by atoms with E-state index in [2.05, 4.69) is 20.6 Å². The molecule has 0 unspecified atom stereocenters. The van der Waals surface area contributed by atoms with Gasteiger partial charge in [0.2, 0.25) is 0 Å². The smallest absolute Gasteiger partial charge is 0.139 e. The summed E-state index contributed by atoms with van der Waals surface area (Å²) >= 11 is 6.03. The van der Waals surface area contributed by atoms with Crippen LogP contribution in [0, 0.1) is 5.82 Å². The molecule has 1 aromatic carbocycles. The molecule has 0 bridgehead atoms. The number of anilines is 3. The number of hydrogen-bond donors (Lipinski definition) is 2. The van der Waals surface area contributed by atoms with E-state index in [4.69, 9.17) is 11.6 Å². The van der Waals surface area contributed by atoms with Crippen molar-refractivity contribution < 1.29 is 4.39 Å². The average molecular weight is 281 g/mol. The van der Waals surface area contributed by atoms with Crippen LogP contribution in [-0.2, 0) is 6.42 Å². The van der Waals surface area contributed by atoms with Crippen molar-refractivity contribution in [1.82, 2.24) is 9.97 Å². The lowest BCUT2D eigenvalue weighted by Gasteiger charge is -2.13. The minimum Gasteiger partial charge on any atom is -0.373 e. The number of aromatic nitrogens is 2. The molecule has 0 spiro atoms. The molecule has 0 saturated heterocycles. The first-order valence-corrected chi connectivity index (χ1v) is 6.27. The van der Waals surface area contributed by atoms with Crippen LogP contribution < -0.4 is 10.6 Å². The summed E-state index contributed by atoms with van der Waals surface area (Å²) in [5, 5.41) is 6.48. The molecule has 0 radical (unpaired) electrons. The first kappa shape index (κ1) is 13.5. The van der Waals surface area contributed by atoms with Crippen molar-refractivity contribution in [2.75, 3.05) is 17.7 Å². The zero-order valence-electron chi connectivity index (χ0n) is 10.7. The molecule has 0 aliphatic carbocycles. The highest BCUT2D eigenvalue weighted by atomic mass is 35.5. The van der Waals surface area contributed by atoms with Gasteiger partial charge in [0.05, 0.1) is 10.7 Å². The number of halogens is 2. The minimum absolute atomic E-state index is 0.354. The maximum Gasteiger partial charge on any atom is 0.139 e. The van der Waals surface area contributed by atoms with Crippen molar-refractivity contribution in [2.24, 2.45) is 0 Å². The first-order valence-electron chi connectivity index (χ1n) is 5.89. The Morgan fingerprint density at radius 2 is 2.00 bits per heavy atom. The Morgan fingerprint density at radius 3 is 2.68 bits per heavy atom. The van der Waals surface area contributed by atoms with E-state index in [1.807, 2.05) is 6.92 Å². The van der Waals surface area contributed by atoms with E-state index < -0.39 is 0 Å². The van der Waals surface area contributed by atoms with Crippen LogP contribution in [0.2, 0.25) is 5.02 Å². The Hall–Kier alpha value is -1.88. The van der Waals surface area contributed by atoms with E-state index in [1.165, 1.54) is 24.5 Å². The number of benzene rings is 1. The zero-order chi connectivity index (χ0) is 13.8.